The van der Waals surface area contributed by atoms with Crippen molar-refractivity contribution in [2.24, 2.45) is 13.0 Å². The summed E-state index contributed by atoms with van der Waals surface area (Å²) in [6.45, 7) is 7.31. The molecule has 0 radical (unpaired) electrons. The van der Waals surface area contributed by atoms with Gasteiger partial charge in [0.15, 0.2) is 0 Å². The lowest BCUT2D eigenvalue weighted by molar-refractivity contribution is -0.142. The number of methoxy groups -OCH3 is 1. The molecule has 0 spiro atoms. The number of nitrogens with zero attached hydrogens (tertiary/aromatic N) is 3. The molecule has 1 saturated heterocycles. The third kappa shape index (κ3) is 5.60. The molecule has 0 N–H and O–H groups in total. The van der Waals surface area contributed by atoms with Crippen molar-refractivity contribution in [3.05, 3.63) is 69.1 Å². The van der Waals surface area contributed by atoms with Gasteiger partial charge in [-0.1, -0.05) is 29.8 Å². The first-order valence-corrected chi connectivity index (χ1v) is 12.7. The van der Waals surface area contributed by atoms with Gasteiger partial charge in [-0.25, -0.2) is 0 Å². The number of alkyl halides is 3. The second-order valence-electron chi connectivity index (χ2n) is 9.50. The Kier molecular flexibility index (Phi) is 7.81. The molecule has 0 unspecified atom stereocenters. The van der Waals surface area contributed by atoms with Crippen LogP contribution in [0.3, 0.4) is 0 Å². The van der Waals surface area contributed by atoms with Crippen LogP contribution in [0.1, 0.15) is 47.3 Å². The Balaban J connectivity index is 1.59. The number of benzene rings is 1. The van der Waals surface area contributed by atoms with E-state index in [0.717, 1.165) is 30.0 Å². The first-order valence-electron chi connectivity index (χ1n) is 11.9. The minimum absolute atomic E-state index is 0.206. The average molecular weight is 554 g/mol. The summed E-state index contributed by atoms with van der Waals surface area (Å²) in [6, 6.07) is 4.20. The molecule has 37 heavy (non-hydrogen) atoms. The quantitative estimate of drug-likeness (QED) is 0.307. The van der Waals surface area contributed by atoms with Crippen LogP contribution in [0.15, 0.2) is 31.0 Å². The Morgan fingerprint density at radius 1 is 1.22 bits per heavy atom. The lowest BCUT2D eigenvalue weighted by Crippen LogP contribution is -2.33. The number of hydrogen-bond donors (Lipinski definition) is 0. The maximum Gasteiger partial charge on any atom is 0.416 e. The van der Waals surface area contributed by atoms with Crippen molar-refractivity contribution in [1.82, 2.24) is 14.5 Å². The Hall–Kier alpha value is -2.71. The summed E-state index contributed by atoms with van der Waals surface area (Å²) in [5, 5.41) is 1.48. The zero-order valence-electron chi connectivity index (χ0n) is 20.9. The molecule has 0 atom stereocenters. The highest BCUT2D eigenvalue weighted by Crippen LogP contribution is 2.37. The summed E-state index contributed by atoms with van der Waals surface area (Å²) in [7, 11) is 3.13. The highest BCUT2D eigenvalue weighted by atomic mass is 35.5. The molecule has 0 saturated carbocycles. The molecule has 2 aromatic heterocycles. The summed E-state index contributed by atoms with van der Waals surface area (Å²) in [5.74, 6) is 0.0518. The molecule has 1 aliphatic rings. The lowest BCUT2D eigenvalue weighted by Gasteiger charge is -2.34. The van der Waals surface area contributed by atoms with E-state index >= 15 is 0 Å². The molecule has 3 heterocycles. The highest BCUT2D eigenvalue weighted by molar-refractivity contribution is 6.36. The number of likely N-dealkylation sites (tertiary alicyclic amines) is 1. The van der Waals surface area contributed by atoms with Gasteiger partial charge in [0.2, 0.25) is 0 Å². The Labute approximate surface area is 223 Å². The molecule has 1 aliphatic heterocycles. The first-order chi connectivity index (χ1) is 17.4. The number of carbonyl (C=O) groups is 1. The normalized spacial score (nSPS) is 14.9. The predicted octanol–water partition coefficient (Wildman–Crippen LogP) is 7.04. The summed E-state index contributed by atoms with van der Waals surface area (Å²) >= 11 is 13.3. The van der Waals surface area contributed by atoms with Gasteiger partial charge in [-0.15, -0.1) is 0 Å². The topological polar surface area (TPSA) is 47.4 Å². The van der Waals surface area contributed by atoms with E-state index in [1.165, 1.54) is 19.4 Å². The van der Waals surface area contributed by atoms with Gasteiger partial charge in [0.05, 0.1) is 28.4 Å². The number of halogens is 5. The molecule has 4 rings (SSSR count). The van der Waals surface area contributed by atoms with E-state index in [0.29, 0.717) is 64.0 Å². The van der Waals surface area contributed by atoms with E-state index in [1.807, 2.05) is 6.07 Å². The maximum atomic E-state index is 13.4. The average Bonchev–Trinajstić information content (AvgIpc) is 3.17. The van der Waals surface area contributed by atoms with Gasteiger partial charge in [0, 0.05) is 55.8 Å². The molecule has 1 aromatic carbocycles. The SMILES string of the molecule is C=C(c1ncc(Cl)c(Cc2cc3c(C)cc(C(F)(F)F)cc3n2C)c1Cl)N1CCC(CC(=O)OC)CC1. The Bertz CT molecular complexity index is 1360. The third-order valence-corrected chi connectivity index (χ3v) is 7.91. The smallest absolute Gasteiger partial charge is 0.416 e. The van der Waals surface area contributed by atoms with E-state index in [2.05, 4.69) is 16.5 Å². The van der Waals surface area contributed by atoms with Crippen molar-refractivity contribution in [3.63, 3.8) is 0 Å². The zero-order chi connectivity index (χ0) is 27.1. The molecular formula is C27H28Cl2F3N3O2. The number of aromatic nitrogens is 2. The van der Waals surface area contributed by atoms with Gasteiger partial charge >= 0.3 is 12.1 Å². The number of pyridine rings is 1. The fraction of sp³-hybridized carbons (Fsp3) is 0.407. The van der Waals surface area contributed by atoms with E-state index < -0.39 is 11.7 Å². The highest BCUT2D eigenvalue weighted by Gasteiger charge is 2.32. The molecular weight excluding hydrogens is 526 g/mol. The fourth-order valence-corrected chi connectivity index (χ4v) is 5.51. The van der Waals surface area contributed by atoms with Crippen LogP contribution < -0.4 is 0 Å². The maximum absolute atomic E-state index is 13.4. The van der Waals surface area contributed by atoms with Crippen LogP contribution in [0.25, 0.3) is 16.6 Å². The van der Waals surface area contributed by atoms with Crippen LogP contribution in [-0.4, -0.2) is 40.6 Å². The minimum Gasteiger partial charge on any atom is -0.469 e. The van der Waals surface area contributed by atoms with Crippen LogP contribution in [0.5, 0.6) is 0 Å². The fourth-order valence-electron chi connectivity index (χ4n) is 4.92. The number of esters is 1. The summed E-state index contributed by atoms with van der Waals surface area (Å²) in [6.07, 6.45) is -0.542. The van der Waals surface area contributed by atoms with Crippen molar-refractivity contribution in [2.45, 2.75) is 38.8 Å². The zero-order valence-corrected chi connectivity index (χ0v) is 22.4. The molecule has 5 nitrogen and oxygen atoms in total. The standard InChI is InChI=1S/C27H28Cl2F3N3O2/c1-15-9-18(27(30,31)32)11-23-20(15)12-19(34(23)3)13-21-22(28)14-33-26(25(21)29)16(2)35-7-5-17(6-8-35)10-24(36)37-4/h9,11-12,14,17H,2,5-8,10,13H2,1,3-4H3. The summed E-state index contributed by atoms with van der Waals surface area (Å²) in [5.41, 5.74) is 2.94. The molecule has 3 aromatic rings. The van der Waals surface area contributed by atoms with E-state index in [4.69, 9.17) is 27.9 Å². The molecule has 10 heteroatoms. The molecule has 198 valence electrons. The molecule has 0 bridgehead atoms. The van der Waals surface area contributed by atoms with Gasteiger partial charge in [-0.3, -0.25) is 9.78 Å². The van der Waals surface area contributed by atoms with Crippen LogP contribution in [0.2, 0.25) is 10.0 Å². The van der Waals surface area contributed by atoms with Crippen molar-refractivity contribution in [2.75, 3.05) is 20.2 Å². The van der Waals surface area contributed by atoms with Crippen LogP contribution >= 0.6 is 23.2 Å². The molecule has 1 fully saturated rings. The van der Waals surface area contributed by atoms with E-state index in [9.17, 15) is 18.0 Å². The Morgan fingerprint density at radius 2 is 1.89 bits per heavy atom. The van der Waals surface area contributed by atoms with Crippen LogP contribution in [0, 0.1) is 12.8 Å². The van der Waals surface area contributed by atoms with Gasteiger partial charge in [0.25, 0.3) is 0 Å². The van der Waals surface area contributed by atoms with Crippen LogP contribution in [-0.2, 0) is 29.2 Å². The lowest BCUT2D eigenvalue weighted by atomic mass is 9.93. The Morgan fingerprint density at radius 3 is 2.51 bits per heavy atom. The number of piperidine rings is 1. The monoisotopic (exact) mass is 553 g/mol. The minimum atomic E-state index is -4.43. The number of hydrogen-bond acceptors (Lipinski definition) is 4. The van der Waals surface area contributed by atoms with Crippen molar-refractivity contribution in [1.29, 1.82) is 0 Å². The van der Waals surface area contributed by atoms with Crippen molar-refractivity contribution >= 4 is 45.8 Å². The number of aryl methyl sites for hydroxylation is 2. The number of carbonyl (C=O) groups excluding carboxylic acids is 1. The largest absolute Gasteiger partial charge is 0.469 e. The van der Waals surface area contributed by atoms with Crippen molar-refractivity contribution < 1.29 is 22.7 Å². The second-order valence-corrected chi connectivity index (χ2v) is 10.3. The third-order valence-electron chi connectivity index (χ3n) is 7.17. The number of rotatable bonds is 6. The molecule has 0 aliphatic carbocycles. The predicted molar refractivity (Wildman–Crippen MR) is 140 cm³/mol. The van der Waals surface area contributed by atoms with Gasteiger partial charge in [0.1, 0.15) is 5.69 Å². The van der Waals surface area contributed by atoms with E-state index in [1.54, 1.807) is 18.5 Å². The summed E-state index contributed by atoms with van der Waals surface area (Å²) in [4.78, 5) is 18.1. The summed E-state index contributed by atoms with van der Waals surface area (Å²) < 4.78 is 46.6. The number of fused-ring (bicyclic) bond motifs is 1. The van der Waals surface area contributed by atoms with Gasteiger partial charge in [-0.2, -0.15) is 13.2 Å². The van der Waals surface area contributed by atoms with Crippen molar-refractivity contribution in [3.8, 4) is 0 Å². The molecule has 0 amide bonds. The van der Waals surface area contributed by atoms with E-state index in [-0.39, 0.29) is 11.9 Å². The van der Waals surface area contributed by atoms with Gasteiger partial charge in [-0.05, 0) is 55.0 Å². The van der Waals surface area contributed by atoms with Gasteiger partial charge < -0.3 is 14.2 Å². The van der Waals surface area contributed by atoms with Crippen LogP contribution in [0.4, 0.5) is 13.2 Å². The number of ether oxygens (including phenoxy) is 1. The second kappa shape index (κ2) is 10.6. The first kappa shape index (κ1) is 27.3.